The molecule has 2 aromatic carbocycles. The zero-order valence-corrected chi connectivity index (χ0v) is 20.4. The van der Waals surface area contributed by atoms with E-state index in [1.54, 1.807) is 13.0 Å². The fourth-order valence-corrected chi connectivity index (χ4v) is 5.40. The van der Waals surface area contributed by atoms with E-state index in [4.69, 9.17) is 4.74 Å². The van der Waals surface area contributed by atoms with Crippen LogP contribution in [-0.4, -0.2) is 65.1 Å². The Morgan fingerprint density at radius 2 is 1.54 bits per heavy atom. The van der Waals surface area contributed by atoms with Crippen molar-refractivity contribution in [3.63, 3.8) is 0 Å². The lowest BCUT2D eigenvalue weighted by molar-refractivity contribution is -0.376. The first kappa shape index (κ1) is 27.3. The number of aliphatic hydroxyl groups is 1. The number of amides is 1. The maximum absolute atomic E-state index is 13.2. The number of rotatable bonds is 5. The second-order valence-corrected chi connectivity index (χ2v) is 9.62. The van der Waals surface area contributed by atoms with Crippen LogP contribution in [0.15, 0.2) is 42.5 Å². The summed E-state index contributed by atoms with van der Waals surface area (Å²) in [5, 5.41) is 9.60. The molecule has 5 nitrogen and oxygen atoms in total. The molecule has 2 unspecified atom stereocenters. The Kier molecular flexibility index (Phi) is 7.24. The van der Waals surface area contributed by atoms with Crippen molar-refractivity contribution in [3.8, 4) is 11.1 Å². The Bertz CT molecular complexity index is 1100. The van der Waals surface area contributed by atoms with Gasteiger partial charge in [0.05, 0.1) is 6.61 Å². The van der Waals surface area contributed by atoms with Crippen molar-refractivity contribution in [2.75, 3.05) is 19.7 Å². The summed E-state index contributed by atoms with van der Waals surface area (Å²) in [5.41, 5.74) is -3.34. The zero-order valence-electron chi connectivity index (χ0n) is 20.4. The lowest BCUT2D eigenvalue weighted by Crippen LogP contribution is -2.55. The largest absolute Gasteiger partial charge is 0.450 e. The van der Waals surface area contributed by atoms with Crippen LogP contribution >= 0.6 is 0 Å². The molecule has 2 fully saturated rings. The van der Waals surface area contributed by atoms with Gasteiger partial charge < -0.3 is 9.84 Å². The van der Waals surface area contributed by atoms with E-state index >= 15 is 0 Å². The molecule has 0 spiro atoms. The second kappa shape index (κ2) is 9.83. The number of fused-ring (bicyclic) bond motifs is 2. The van der Waals surface area contributed by atoms with E-state index in [9.17, 15) is 36.2 Å². The molecule has 0 radical (unpaired) electrons. The molecule has 37 heavy (non-hydrogen) atoms. The minimum atomic E-state index is -5.92. The molecule has 2 heterocycles. The van der Waals surface area contributed by atoms with Gasteiger partial charge in [-0.2, -0.15) is 26.3 Å². The van der Waals surface area contributed by atoms with E-state index in [0.29, 0.717) is 36.4 Å². The van der Waals surface area contributed by atoms with Crippen LogP contribution in [0.2, 0.25) is 0 Å². The number of benzene rings is 2. The molecule has 0 aliphatic carbocycles. The molecule has 2 aliphatic heterocycles. The summed E-state index contributed by atoms with van der Waals surface area (Å²) < 4.78 is 84.1. The second-order valence-electron chi connectivity index (χ2n) is 9.62. The number of likely N-dealkylation sites (tertiary alicyclic amines) is 1. The average molecular weight is 531 g/mol. The Balaban J connectivity index is 1.48. The van der Waals surface area contributed by atoms with Gasteiger partial charge in [-0.3, -0.25) is 9.80 Å². The summed E-state index contributed by atoms with van der Waals surface area (Å²) in [6.45, 7) is 6.02. The van der Waals surface area contributed by atoms with Gasteiger partial charge in [-0.15, -0.1) is 0 Å². The number of carbonyl (C=O) groups is 1. The topological polar surface area (TPSA) is 53.0 Å². The number of aryl methyl sites for hydroxylation is 1. The lowest BCUT2D eigenvalue weighted by Gasteiger charge is -2.40. The number of hydrogen-bond donors (Lipinski definition) is 1. The number of hydrogen-bond acceptors (Lipinski definition) is 4. The van der Waals surface area contributed by atoms with Gasteiger partial charge in [-0.25, -0.2) is 4.79 Å². The molecule has 11 heteroatoms. The van der Waals surface area contributed by atoms with E-state index in [-0.39, 0.29) is 18.2 Å². The first-order valence-electron chi connectivity index (χ1n) is 12.0. The number of ether oxygens (including phenoxy) is 1. The lowest BCUT2D eigenvalue weighted by atomic mass is 9.90. The highest BCUT2D eigenvalue weighted by Gasteiger charge is 2.71. The summed E-state index contributed by atoms with van der Waals surface area (Å²) >= 11 is 0. The van der Waals surface area contributed by atoms with Gasteiger partial charge in [0.25, 0.3) is 5.60 Å². The van der Waals surface area contributed by atoms with Gasteiger partial charge >= 0.3 is 18.4 Å². The molecule has 1 N–H and O–H groups in total. The summed E-state index contributed by atoms with van der Waals surface area (Å²) in [6.07, 6.45) is -10.3. The van der Waals surface area contributed by atoms with Crippen LogP contribution in [0.5, 0.6) is 0 Å². The van der Waals surface area contributed by atoms with Crippen molar-refractivity contribution in [2.24, 2.45) is 0 Å². The molecule has 2 aliphatic rings. The summed E-state index contributed by atoms with van der Waals surface area (Å²) in [4.78, 5) is 16.4. The van der Waals surface area contributed by atoms with E-state index in [0.717, 1.165) is 49.2 Å². The molecule has 1 amide bonds. The van der Waals surface area contributed by atoms with Crippen molar-refractivity contribution >= 4 is 6.09 Å². The van der Waals surface area contributed by atoms with Crippen LogP contribution in [0.4, 0.5) is 31.1 Å². The number of carbonyl (C=O) groups excluding carboxylic acids is 1. The smallest absolute Gasteiger partial charge is 0.430 e. The number of piperazine rings is 1. The first-order valence-corrected chi connectivity index (χ1v) is 12.0. The molecular formula is C26H28F6N2O3. The number of alkyl halides is 6. The third kappa shape index (κ3) is 5.03. The molecule has 0 saturated carbocycles. The highest BCUT2D eigenvalue weighted by Crippen LogP contribution is 2.50. The van der Waals surface area contributed by atoms with E-state index in [2.05, 4.69) is 4.90 Å². The molecule has 2 saturated heterocycles. The van der Waals surface area contributed by atoms with E-state index in [1.807, 2.05) is 24.0 Å². The number of halogens is 6. The fourth-order valence-electron chi connectivity index (χ4n) is 5.40. The highest BCUT2D eigenvalue weighted by atomic mass is 19.4. The zero-order chi connectivity index (χ0) is 27.2. The van der Waals surface area contributed by atoms with Crippen molar-refractivity contribution in [1.82, 2.24) is 9.80 Å². The van der Waals surface area contributed by atoms with Crippen LogP contribution in [-0.2, 0) is 16.9 Å². The standard InChI is InChI=1S/C26H28F6N2O3/c1-3-37-23(35)34-20-9-10-21(34)15-33(14-20)13-17-4-11-22(16(2)12-17)18-5-7-19(8-6-18)24(36,25(27,28)29)26(30,31)32/h4-8,11-12,20-21,36H,3,9-10,13-15H2,1-2H3. The third-order valence-electron chi connectivity index (χ3n) is 7.17. The highest BCUT2D eigenvalue weighted by molar-refractivity contribution is 5.69. The Hall–Kier alpha value is -2.79. The van der Waals surface area contributed by atoms with Gasteiger partial charge in [0.15, 0.2) is 0 Å². The molecule has 2 atom stereocenters. The Morgan fingerprint density at radius 1 is 0.973 bits per heavy atom. The molecular weight excluding hydrogens is 502 g/mol. The Morgan fingerprint density at radius 3 is 2.03 bits per heavy atom. The maximum Gasteiger partial charge on any atom is 0.430 e. The average Bonchev–Trinajstić information content (AvgIpc) is 3.08. The van der Waals surface area contributed by atoms with Gasteiger partial charge in [0.1, 0.15) is 0 Å². The maximum atomic E-state index is 13.2. The molecule has 4 rings (SSSR count). The summed E-state index contributed by atoms with van der Waals surface area (Å²) in [6, 6.07) is 9.39. The molecule has 202 valence electrons. The predicted molar refractivity (Wildman–Crippen MR) is 124 cm³/mol. The van der Waals surface area contributed by atoms with Crippen molar-refractivity contribution in [3.05, 3.63) is 59.2 Å². The van der Waals surface area contributed by atoms with E-state index < -0.39 is 23.5 Å². The van der Waals surface area contributed by atoms with Crippen LogP contribution in [0.1, 0.15) is 36.5 Å². The van der Waals surface area contributed by atoms with Crippen LogP contribution < -0.4 is 0 Å². The van der Waals surface area contributed by atoms with Crippen molar-refractivity contribution in [1.29, 1.82) is 0 Å². The quantitative estimate of drug-likeness (QED) is 0.498. The van der Waals surface area contributed by atoms with Crippen LogP contribution in [0.3, 0.4) is 0 Å². The third-order valence-corrected chi connectivity index (χ3v) is 7.17. The molecule has 2 bridgehead atoms. The SMILES string of the molecule is CCOC(=O)N1C2CCC1CN(Cc1ccc(-c3ccc(C(O)(C(F)(F)F)C(F)(F)F)cc3)c(C)c1)C2. The van der Waals surface area contributed by atoms with Gasteiger partial charge in [0, 0.05) is 37.3 Å². The summed E-state index contributed by atoms with van der Waals surface area (Å²) in [5.74, 6) is 0. The predicted octanol–water partition coefficient (Wildman–Crippen LogP) is 5.78. The van der Waals surface area contributed by atoms with Gasteiger partial charge in [-0.05, 0) is 48.9 Å². The van der Waals surface area contributed by atoms with Crippen molar-refractivity contribution in [2.45, 2.75) is 63.3 Å². The normalized spacial score (nSPS) is 20.8. The monoisotopic (exact) mass is 530 g/mol. The summed E-state index contributed by atoms with van der Waals surface area (Å²) in [7, 11) is 0. The molecule has 0 aromatic heterocycles. The van der Waals surface area contributed by atoms with Crippen molar-refractivity contribution < 1.29 is 41.0 Å². The van der Waals surface area contributed by atoms with Crippen LogP contribution in [0.25, 0.3) is 11.1 Å². The van der Waals surface area contributed by atoms with Gasteiger partial charge in [-0.1, -0.05) is 42.5 Å². The fraction of sp³-hybridized carbons (Fsp3) is 0.500. The van der Waals surface area contributed by atoms with Crippen LogP contribution in [0, 0.1) is 6.92 Å². The Labute approximate surface area is 210 Å². The number of nitrogens with zero attached hydrogens (tertiary/aromatic N) is 2. The first-order chi connectivity index (χ1) is 17.3. The minimum absolute atomic E-state index is 0.101. The van der Waals surface area contributed by atoms with Gasteiger partial charge in [0.2, 0.25) is 0 Å². The molecule has 2 aromatic rings. The van der Waals surface area contributed by atoms with E-state index in [1.165, 1.54) is 0 Å². The minimum Gasteiger partial charge on any atom is -0.450 e.